The van der Waals surface area contributed by atoms with Crippen LogP contribution in [-0.2, 0) is 17.8 Å². The number of amides is 1. The van der Waals surface area contributed by atoms with Crippen molar-refractivity contribution in [2.45, 2.75) is 25.9 Å². The number of nitrogens with zero attached hydrogens (tertiary/aromatic N) is 1. The van der Waals surface area contributed by atoms with Crippen LogP contribution in [0.1, 0.15) is 18.1 Å². The smallest absolute Gasteiger partial charge is 0.234 e. The molecule has 0 saturated heterocycles. The number of primary amides is 1. The van der Waals surface area contributed by atoms with Crippen LogP contribution in [0.4, 0.5) is 0 Å². The first-order chi connectivity index (χ1) is 8.54. The number of nitrogens with two attached hydrogens (primary N) is 1. The van der Waals surface area contributed by atoms with Crippen LogP contribution in [0.3, 0.4) is 0 Å². The second-order valence-corrected chi connectivity index (χ2v) is 5.31. The fourth-order valence-electron chi connectivity index (χ4n) is 2.28. The lowest BCUT2D eigenvalue weighted by molar-refractivity contribution is -0.123. The first-order valence-electron chi connectivity index (χ1n) is 5.92. The molecule has 1 atom stereocenters. The van der Waals surface area contributed by atoms with Gasteiger partial charge < -0.3 is 10.5 Å². The number of fused-ring (bicyclic) bond motifs is 1. The summed E-state index contributed by atoms with van der Waals surface area (Å²) >= 11 is 3.58. The van der Waals surface area contributed by atoms with Crippen molar-refractivity contribution in [3.05, 3.63) is 27.7 Å². The van der Waals surface area contributed by atoms with Gasteiger partial charge in [0, 0.05) is 13.1 Å². The highest BCUT2D eigenvalue weighted by atomic mass is 79.9. The minimum atomic E-state index is -0.272. The normalized spacial score (nSPS) is 17.1. The monoisotopic (exact) mass is 312 g/mol. The Morgan fingerprint density at radius 3 is 2.89 bits per heavy atom. The highest BCUT2D eigenvalue weighted by molar-refractivity contribution is 9.10. The zero-order valence-corrected chi connectivity index (χ0v) is 12.2. The molecular formula is C13H17BrN2O2. The lowest BCUT2D eigenvalue weighted by Crippen LogP contribution is -2.45. The topological polar surface area (TPSA) is 55.6 Å². The predicted molar refractivity (Wildman–Crippen MR) is 73.5 cm³/mol. The van der Waals surface area contributed by atoms with Gasteiger partial charge in [-0.15, -0.1) is 0 Å². The van der Waals surface area contributed by atoms with Gasteiger partial charge in [0.15, 0.2) is 0 Å². The van der Waals surface area contributed by atoms with Crippen molar-refractivity contribution in [2.75, 3.05) is 13.7 Å². The van der Waals surface area contributed by atoms with Gasteiger partial charge in [-0.05, 0) is 46.5 Å². The molecule has 98 valence electrons. The first kappa shape index (κ1) is 13.4. The Morgan fingerprint density at radius 1 is 1.56 bits per heavy atom. The summed E-state index contributed by atoms with van der Waals surface area (Å²) < 4.78 is 6.31. The summed E-state index contributed by atoms with van der Waals surface area (Å²) in [6, 6.07) is 3.78. The average Bonchev–Trinajstić information content (AvgIpc) is 2.37. The fraction of sp³-hybridized carbons (Fsp3) is 0.462. The van der Waals surface area contributed by atoms with Crippen molar-refractivity contribution in [3.63, 3.8) is 0 Å². The van der Waals surface area contributed by atoms with Crippen LogP contribution < -0.4 is 10.5 Å². The molecule has 1 aliphatic heterocycles. The lowest BCUT2D eigenvalue weighted by Gasteiger charge is -2.32. The number of carbonyl (C=O) groups is 1. The van der Waals surface area contributed by atoms with Crippen molar-refractivity contribution in [1.29, 1.82) is 0 Å². The van der Waals surface area contributed by atoms with Gasteiger partial charge in [0.1, 0.15) is 5.75 Å². The maximum absolute atomic E-state index is 11.2. The molecule has 0 saturated carbocycles. The molecule has 0 bridgehead atoms. The molecule has 1 heterocycles. The standard InChI is InChI=1S/C13H17BrN2O2/c1-8(13(15)17)16-6-5-10-9(7-16)3-4-11(18-2)12(10)14/h3-4,8H,5-7H2,1-2H3,(H2,15,17). The van der Waals surface area contributed by atoms with Crippen molar-refractivity contribution in [2.24, 2.45) is 5.73 Å². The molecule has 18 heavy (non-hydrogen) atoms. The number of ether oxygens (including phenoxy) is 1. The van der Waals surface area contributed by atoms with E-state index in [-0.39, 0.29) is 11.9 Å². The molecule has 0 fully saturated rings. The number of rotatable bonds is 3. The molecule has 1 aromatic carbocycles. The Hall–Kier alpha value is -1.07. The third-order valence-electron chi connectivity index (χ3n) is 3.51. The molecule has 2 rings (SSSR count). The molecule has 1 unspecified atom stereocenters. The molecular weight excluding hydrogens is 296 g/mol. The molecule has 0 spiro atoms. The third kappa shape index (κ3) is 2.37. The van der Waals surface area contributed by atoms with Crippen LogP contribution in [0, 0.1) is 0 Å². The second kappa shape index (κ2) is 5.28. The number of halogens is 1. The number of methoxy groups -OCH3 is 1. The van der Waals surface area contributed by atoms with E-state index in [4.69, 9.17) is 10.5 Å². The van der Waals surface area contributed by atoms with E-state index in [1.165, 1.54) is 11.1 Å². The molecule has 0 radical (unpaired) electrons. The van der Waals surface area contributed by atoms with Crippen LogP contribution in [0.2, 0.25) is 0 Å². The second-order valence-electron chi connectivity index (χ2n) is 4.52. The molecule has 0 aromatic heterocycles. The average molecular weight is 313 g/mol. The van der Waals surface area contributed by atoms with Gasteiger partial charge in [-0.3, -0.25) is 9.69 Å². The number of carbonyl (C=O) groups excluding carboxylic acids is 1. The Kier molecular flexibility index (Phi) is 3.92. The molecule has 5 heteroatoms. The molecule has 0 aliphatic carbocycles. The van der Waals surface area contributed by atoms with Gasteiger partial charge in [-0.2, -0.15) is 0 Å². The van der Waals surface area contributed by atoms with E-state index in [1.807, 2.05) is 13.0 Å². The van der Waals surface area contributed by atoms with Crippen molar-refractivity contribution >= 4 is 21.8 Å². The summed E-state index contributed by atoms with van der Waals surface area (Å²) in [5, 5.41) is 0. The highest BCUT2D eigenvalue weighted by Crippen LogP contribution is 2.34. The zero-order valence-electron chi connectivity index (χ0n) is 10.6. The highest BCUT2D eigenvalue weighted by Gasteiger charge is 2.25. The van der Waals surface area contributed by atoms with Crippen LogP contribution >= 0.6 is 15.9 Å². The number of benzene rings is 1. The predicted octanol–water partition coefficient (Wildman–Crippen LogP) is 1.69. The van der Waals surface area contributed by atoms with Crippen LogP contribution in [0.5, 0.6) is 5.75 Å². The van der Waals surface area contributed by atoms with Crippen LogP contribution in [-0.4, -0.2) is 30.5 Å². The summed E-state index contributed by atoms with van der Waals surface area (Å²) in [5.41, 5.74) is 7.84. The maximum Gasteiger partial charge on any atom is 0.234 e. The van der Waals surface area contributed by atoms with E-state index in [2.05, 4.69) is 26.9 Å². The van der Waals surface area contributed by atoms with Gasteiger partial charge in [0.25, 0.3) is 0 Å². The fourth-order valence-corrected chi connectivity index (χ4v) is 3.03. The van der Waals surface area contributed by atoms with Gasteiger partial charge in [0.05, 0.1) is 17.6 Å². The van der Waals surface area contributed by atoms with Gasteiger partial charge in [0.2, 0.25) is 5.91 Å². The van der Waals surface area contributed by atoms with E-state index in [9.17, 15) is 4.79 Å². The molecule has 1 amide bonds. The Balaban J connectivity index is 2.26. The lowest BCUT2D eigenvalue weighted by atomic mass is 9.98. The summed E-state index contributed by atoms with van der Waals surface area (Å²) in [7, 11) is 1.66. The minimum absolute atomic E-state index is 0.223. The summed E-state index contributed by atoms with van der Waals surface area (Å²) in [6.45, 7) is 3.44. The van der Waals surface area contributed by atoms with Crippen LogP contribution in [0.15, 0.2) is 16.6 Å². The van der Waals surface area contributed by atoms with E-state index >= 15 is 0 Å². The van der Waals surface area contributed by atoms with Crippen molar-refractivity contribution in [1.82, 2.24) is 4.90 Å². The third-order valence-corrected chi connectivity index (χ3v) is 4.38. The van der Waals surface area contributed by atoms with E-state index in [1.54, 1.807) is 7.11 Å². The summed E-state index contributed by atoms with van der Waals surface area (Å²) in [6.07, 6.45) is 0.894. The van der Waals surface area contributed by atoms with Gasteiger partial charge in [-0.1, -0.05) is 6.07 Å². The molecule has 1 aromatic rings. The van der Waals surface area contributed by atoms with Gasteiger partial charge >= 0.3 is 0 Å². The van der Waals surface area contributed by atoms with E-state index in [0.717, 1.165) is 29.7 Å². The minimum Gasteiger partial charge on any atom is -0.496 e. The van der Waals surface area contributed by atoms with Crippen molar-refractivity contribution < 1.29 is 9.53 Å². The Morgan fingerprint density at radius 2 is 2.28 bits per heavy atom. The largest absolute Gasteiger partial charge is 0.496 e. The molecule has 4 nitrogen and oxygen atoms in total. The number of hydrogen-bond acceptors (Lipinski definition) is 3. The Bertz CT molecular complexity index is 476. The number of hydrogen-bond donors (Lipinski definition) is 1. The summed E-state index contributed by atoms with van der Waals surface area (Å²) in [4.78, 5) is 13.3. The maximum atomic E-state index is 11.2. The summed E-state index contributed by atoms with van der Waals surface area (Å²) in [5.74, 6) is 0.580. The SMILES string of the molecule is COc1ccc2c(c1Br)CCN(C(C)C(N)=O)C2. The van der Waals surface area contributed by atoms with Crippen molar-refractivity contribution in [3.8, 4) is 5.75 Å². The molecule has 1 aliphatic rings. The zero-order chi connectivity index (χ0) is 13.3. The van der Waals surface area contributed by atoms with E-state index < -0.39 is 0 Å². The Labute approximate surface area is 115 Å². The molecule has 2 N–H and O–H groups in total. The quantitative estimate of drug-likeness (QED) is 0.924. The van der Waals surface area contributed by atoms with E-state index in [0.29, 0.717) is 0 Å². The van der Waals surface area contributed by atoms with Crippen LogP contribution in [0.25, 0.3) is 0 Å². The van der Waals surface area contributed by atoms with Gasteiger partial charge in [-0.25, -0.2) is 0 Å². The first-order valence-corrected chi connectivity index (χ1v) is 6.71.